The number of carboxylic acids is 1. The molecule has 0 aliphatic rings. The van der Waals surface area contributed by atoms with E-state index in [4.69, 9.17) is 27.4 Å². The first kappa shape index (κ1) is 16.4. The Bertz CT molecular complexity index is 158. The van der Waals surface area contributed by atoms with E-state index < -0.39 is 16.4 Å². The zero-order valence-corrected chi connectivity index (χ0v) is 6.48. The monoisotopic (exact) mass is 213 g/mol. The summed E-state index contributed by atoms with van der Waals surface area (Å²) >= 11 is 0. The fraction of sp³-hybridized carbons (Fsp3) is 0.500. The number of hydrogen-bond acceptors (Lipinski definition) is 6. The first-order chi connectivity index (χ1) is 3.73. The van der Waals surface area contributed by atoms with Crippen LogP contribution in [0.3, 0.4) is 0 Å². The number of carbonyl (C=O) groups excluding carboxylic acids is 1. The molecule has 0 N–H and O–H groups in total. The molecule has 0 bridgehead atoms. The third-order valence-electron chi connectivity index (χ3n) is 0. The maximum absolute atomic E-state index is 8.89. The molecule has 0 aliphatic heterocycles. The standard InChI is InChI=1S/C2H4O2.Ni.H2O4S/c1-2(3)4;;1-5(2,3)4/h1H3,(H,3,4);;(H2,1,2,3,4)/q;+3;/p-3. The fourth-order valence-electron chi connectivity index (χ4n) is 0. The van der Waals surface area contributed by atoms with Gasteiger partial charge in [0.25, 0.3) is 0 Å². The second kappa shape index (κ2) is 6.95. The van der Waals surface area contributed by atoms with E-state index in [1.54, 1.807) is 0 Å². The Kier molecular flexibility index (Phi) is 11.4. The van der Waals surface area contributed by atoms with Crippen LogP contribution in [0, 0.1) is 0 Å². The number of hydrogen-bond donors (Lipinski definition) is 0. The molecule has 0 spiro atoms. The summed E-state index contributed by atoms with van der Waals surface area (Å²) in [5, 5.41) is 8.89. The van der Waals surface area contributed by atoms with Crippen LogP contribution < -0.4 is 5.11 Å². The first-order valence-corrected chi connectivity index (χ1v) is 2.91. The minimum atomic E-state index is -5.17. The van der Waals surface area contributed by atoms with Crippen LogP contribution in [0.4, 0.5) is 0 Å². The predicted molar refractivity (Wildman–Crippen MR) is 21.2 cm³/mol. The van der Waals surface area contributed by atoms with Gasteiger partial charge in [0.2, 0.25) is 0 Å². The molecule has 1 radical (unpaired) electrons. The molecule has 0 atom stereocenters. The van der Waals surface area contributed by atoms with Gasteiger partial charge in [-0.15, -0.1) is 0 Å². The van der Waals surface area contributed by atoms with Crippen LogP contribution in [0.5, 0.6) is 0 Å². The SMILES string of the molecule is CC(=O)[O-].O=S(=O)([O-])[O-].[Ni+3]. The van der Waals surface area contributed by atoms with Gasteiger partial charge in [-0.05, 0) is 6.92 Å². The van der Waals surface area contributed by atoms with Crippen LogP contribution in [0.1, 0.15) is 6.92 Å². The van der Waals surface area contributed by atoms with Gasteiger partial charge >= 0.3 is 16.5 Å². The maximum atomic E-state index is 8.89. The number of carboxylic acid groups (broad SMARTS) is 1. The van der Waals surface area contributed by atoms with Gasteiger partial charge in [-0.1, -0.05) is 0 Å². The topological polar surface area (TPSA) is 120 Å². The molecule has 0 heterocycles. The Morgan fingerprint density at radius 2 is 1.30 bits per heavy atom. The van der Waals surface area contributed by atoms with Crippen LogP contribution in [0.2, 0.25) is 0 Å². The van der Waals surface area contributed by atoms with E-state index in [1.165, 1.54) is 0 Å². The molecule has 0 rings (SSSR count). The Balaban J connectivity index is -0.0000000910. The van der Waals surface area contributed by atoms with Gasteiger partial charge in [0.05, 0.1) is 0 Å². The summed E-state index contributed by atoms with van der Waals surface area (Å²) in [4.78, 5) is 8.89. The predicted octanol–water partition coefficient (Wildman–Crippen LogP) is -2.58. The normalized spacial score (nSPS) is 8.30. The van der Waals surface area contributed by atoms with E-state index in [0.717, 1.165) is 6.92 Å². The molecular weight excluding hydrogens is 211 g/mol. The Hall–Kier alpha value is -0.166. The number of carbonyl (C=O) groups is 1. The summed E-state index contributed by atoms with van der Waals surface area (Å²) < 4.78 is 34.1. The van der Waals surface area contributed by atoms with Crippen LogP contribution in [0.25, 0.3) is 0 Å². The number of aliphatic carboxylic acids is 1. The van der Waals surface area contributed by atoms with Crippen molar-refractivity contribution < 1.29 is 43.9 Å². The van der Waals surface area contributed by atoms with Crippen LogP contribution in [0.15, 0.2) is 0 Å². The third kappa shape index (κ3) is 13200. The third-order valence-corrected chi connectivity index (χ3v) is 0. The van der Waals surface area contributed by atoms with Gasteiger partial charge < -0.3 is 19.0 Å². The molecule has 0 aromatic heterocycles. The molecule has 0 aromatic carbocycles. The molecule has 0 unspecified atom stereocenters. The van der Waals surface area contributed by atoms with Crippen molar-refractivity contribution in [2.45, 2.75) is 6.92 Å². The van der Waals surface area contributed by atoms with Crippen molar-refractivity contribution in [3.05, 3.63) is 0 Å². The van der Waals surface area contributed by atoms with Gasteiger partial charge in [-0.25, -0.2) is 0 Å². The summed E-state index contributed by atoms with van der Waals surface area (Å²) in [6.45, 7) is 0.972. The summed E-state index contributed by atoms with van der Waals surface area (Å²) in [6, 6.07) is 0. The van der Waals surface area contributed by atoms with Gasteiger partial charge in [0.15, 0.2) is 0 Å². The zero-order valence-electron chi connectivity index (χ0n) is 4.67. The fourth-order valence-corrected chi connectivity index (χ4v) is 0. The molecule has 6 nitrogen and oxygen atoms in total. The van der Waals surface area contributed by atoms with E-state index in [2.05, 4.69) is 0 Å². The average Bonchev–Trinajstić information content (AvgIpc) is 1.19. The second-order valence-electron chi connectivity index (χ2n) is 0.900. The summed E-state index contributed by atoms with van der Waals surface area (Å²) in [6.07, 6.45) is 0. The van der Waals surface area contributed by atoms with Crippen molar-refractivity contribution in [1.82, 2.24) is 0 Å². The van der Waals surface area contributed by atoms with Crippen molar-refractivity contribution >= 4 is 16.4 Å². The van der Waals surface area contributed by atoms with E-state index >= 15 is 0 Å². The van der Waals surface area contributed by atoms with Gasteiger partial charge in [-0.3, -0.25) is 8.42 Å². The van der Waals surface area contributed by atoms with Gasteiger partial charge in [0.1, 0.15) is 0 Å². The molecule has 0 saturated heterocycles. The van der Waals surface area contributed by atoms with E-state index in [1.807, 2.05) is 0 Å². The molecule has 0 aromatic rings. The van der Waals surface area contributed by atoms with E-state index in [0.29, 0.717) is 0 Å². The maximum Gasteiger partial charge on any atom is 3.00 e. The van der Waals surface area contributed by atoms with Crippen molar-refractivity contribution in [2.75, 3.05) is 0 Å². The van der Waals surface area contributed by atoms with Crippen LogP contribution in [-0.2, 0) is 31.7 Å². The Morgan fingerprint density at radius 1 is 1.30 bits per heavy atom. The first-order valence-electron chi connectivity index (χ1n) is 1.57. The molecular formula is C2H3NiO6S. The minimum Gasteiger partial charge on any atom is -0.759 e. The molecule has 0 amide bonds. The smallest absolute Gasteiger partial charge is 0.759 e. The minimum absolute atomic E-state index is 0. The summed E-state index contributed by atoms with van der Waals surface area (Å²) in [5.74, 6) is -1.08. The molecule has 10 heavy (non-hydrogen) atoms. The van der Waals surface area contributed by atoms with Gasteiger partial charge in [0, 0.05) is 16.4 Å². The van der Waals surface area contributed by atoms with Gasteiger partial charge in [-0.2, -0.15) is 0 Å². The van der Waals surface area contributed by atoms with Crippen molar-refractivity contribution in [3.63, 3.8) is 0 Å². The summed E-state index contributed by atoms with van der Waals surface area (Å²) in [5.41, 5.74) is 0. The van der Waals surface area contributed by atoms with Crippen molar-refractivity contribution in [2.24, 2.45) is 0 Å². The number of rotatable bonds is 0. The van der Waals surface area contributed by atoms with Crippen LogP contribution in [-0.4, -0.2) is 23.5 Å². The molecule has 0 saturated carbocycles. The van der Waals surface area contributed by atoms with E-state index in [9.17, 15) is 0 Å². The Morgan fingerprint density at radius 3 is 1.30 bits per heavy atom. The Labute approximate surface area is 67.7 Å². The summed E-state index contributed by atoms with van der Waals surface area (Å²) in [7, 11) is -5.17. The molecule has 0 fully saturated rings. The quantitative estimate of drug-likeness (QED) is 0.248. The van der Waals surface area contributed by atoms with Crippen molar-refractivity contribution in [1.29, 1.82) is 0 Å². The van der Waals surface area contributed by atoms with Crippen molar-refractivity contribution in [3.8, 4) is 0 Å². The van der Waals surface area contributed by atoms with E-state index in [-0.39, 0.29) is 16.5 Å². The largest absolute Gasteiger partial charge is 3.00 e. The zero-order chi connectivity index (χ0) is 8.08. The molecule has 0 aliphatic carbocycles. The second-order valence-corrected chi connectivity index (χ2v) is 1.72. The van der Waals surface area contributed by atoms with Crippen LogP contribution >= 0.6 is 0 Å². The molecule has 63 valence electrons. The molecule has 8 heteroatoms. The average molecular weight is 214 g/mol.